The first-order chi connectivity index (χ1) is 15.6. The van der Waals surface area contributed by atoms with E-state index in [-0.39, 0.29) is 22.7 Å². The number of Topliss-reactive ketones (excluding diaryl/α,β-unsaturated/α-hetero) is 2. The van der Waals surface area contributed by atoms with Gasteiger partial charge in [-0.05, 0) is 55.5 Å². The summed E-state index contributed by atoms with van der Waals surface area (Å²) in [7, 11) is 1.57. The van der Waals surface area contributed by atoms with E-state index in [4.69, 9.17) is 14.2 Å². The molecule has 6 nitrogen and oxygen atoms in total. The average Bonchev–Trinajstić information content (AvgIpc) is 2.76. The van der Waals surface area contributed by atoms with Gasteiger partial charge in [0.25, 0.3) is 0 Å². The van der Waals surface area contributed by atoms with Crippen molar-refractivity contribution in [3.8, 4) is 23.0 Å². The maximum absolute atomic E-state index is 12.5. The number of benzene rings is 2. The maximum Gasteiger partial charge on any atom is 0.167 e. The highest BCUT2D eigenvalue weighted by Gasteiger charge is 2.21. The number of methoxy groups -OCH3 is 1. The molecule has 0 heterocycles. The molecule has 2 aromatic rings. The van der Waals surface area contributed by atoms with Crippen LogP contribution in [0.25, 0.3) is 0 Å². The second kappa shape index (κ2) is 11.7. The molecule has 0 radical (unpaired) electrons. The van der Waals surface area contributed by atoms with Gasteiger partial charge in [-0.3, -0.25) is 9.59 Å². The standard InChI is InChI=1S/C27H36O6/c1-7-21(28)19-10-12-24(31-6)25(16-19)33-15-9-8-14-32-23-13-11-20(26(30)18(23)2)22(29)17-27(3,4)5/h10-13,16,30H,7-9,14-15,17H2,1-6H3. The van der Waals surface area contributed by atoms with Crippen LogP contribution in [0, 0.1) is 12.3 Å². The highest BCUT2D eigenvalue weighted by Crippen LogP contribution is 2.33. The maximum atomic E-state index is 12.5. The van der Waals surface area contributed by atoms with Gasteiger partial charge in [0, 0.05) is 24.0 Å². The summed E-state index contributed by atoms with van der Waals surface area (Å²) < 4.78 is 17.0. The van der Waals surface area contributed by atoms with Gasteiger partial charge in [-0.2, -0.15) is 0 Å². The third-order valence-corrected chi connectivity index (χ3v) is 5.23. The number of phenolic OH excluding ortho intramolecular Hbond substituents is 1. The third-order valence-electron chi connectivity index (χ3n) is 5.23. The molecule has 180 valence electrons. The van der Waals surface area contributed by atoms with Crippen LogP contribution >= 0.6 is 0 Å². The van der Waals surface area contributed by atoms with Crippen LogP contribution < -0.4 is 14.2 Å². The first-order valence-electron chi connectivity index (χ1n) is 11.4. The Morgan fingerprint density at radius 2 is 1.52 bits per heavy atom. The van der Waals surface area contributed by atoms with E-state index in [0.717, 1.165) is 12.8 Å². The summed E-state index contributed by atoms with van der Waals surface area (Å²) in [6.07, 6.45) is 2.27. The lowest BCUT2D eigenvalue weighted by atomic mass is 9.87. The van der Waals surface area contributed by atoms with Crippen LogP contribution in [0.4, 0.5) is 0 Å². The number of ketones is 2. The Bertz CT molecular complexity index is 971. The van der Waals surface area contributed by atoms with Crippen molar-refractivity contribution in [2.45, 2.75) is 60.3 Å². The van der Waals surface area contributed by atoms with Crippen molar-refractivity contribution in [2.24, 2.45) is 5.41 Å². The number of hydrogen-bond donors (Lipinski definition) is 1. The molecule has 0 spiro atoms. The number of unbranched alkanes of at least 4 members (excludes halogenated alkanes) is 1. The van der Waals surface area contributed by atoms with Crippen molar-refractivity contribution >= 4 is 11.6 Å². The second-order valence-electron chi connectivity index (χ2n) is 9.29. The molecule has 0 saturated heterocycles. The van der Waals surface area contributed by atoms with E-state index >= 15 is 0 Å². The topological polar surface area (TPSA) is 82.1 Å². The quantitative estimate of drug-likeness (QED) is 0.304. The first-order valence-corrected chi connectivity index (χ1v) is 11.4. The number of carbonyl (C=O) groups excluding carboxylic acids is 2. The van der Waals surface area contributed by atoms with E-state index in [1.54, 1.807) is 44.4 Å². The molecular weight excluding hydrogens is 420 g/mol. The van der Waals surface area contributed by atoms with Crippen molar-refractivity contribution in [1.29, 1.82) is 0 Å². The summed E-state index contributed by atoms with van der Waals surface area (Å²) >= 11 is 0. The number of aromatic hydroxyl groups is 1. The third kappa shape index (κ3) is 7.52. The van der Waals surface area contributed by atoms with Crippen LogP contribution in [0.3, 0.4) is 0 Å². The van der Waals surface area contributed by atoms with E-state index in [1.165, 1.54) is 0 Å². The Kier molecular flexibility index (Phi) is 9.32. The van der Waals surface area contributed by atoms with Gasteiger partial charge in [0.15, 0.2) is 23.1 Å². The van der Waals surface area contributed by atoms with Gasteiger partial charge < -0.3 is 19.3 Å². The minimum Gasteiger partial charge on any atom is -0.507 e. The Morgan fingerprint density at radius 1 is 0.909 bits per heavy atom. The molecule has 0 aliphatic rings. The van der Waals surface area contributed by atoms with Gasteiger partial charge >= 0.3 is 0 Å². The fourth-order valence-electron chi connectivity index (χ4n) is 3.38. The van der Waals surface area contributed by atoms with Gasteiger partial charge in [0.2, 0.25) is 0 Å². The normalized spacial score (nSPS) is 11.2. The monoisotopic (exact) mass is 456 g/mol. The first kappa shape index (κ1) is 26.2. The molecule has 0 fully saturated rings. The van der Waals surface area contributed by atoms with Crippen molar-refractivity contribution in [3.05, 3.63) is 47.0 Å². The predicted octanol–water partition coefficient (Wildman–Crippen LogP) is 6.16. The van der Waals surface area contributed by atoms with Crippen LogP contribution in [0.15, 0.2) is 30.3 Å². The Balaban J connectivity index is 1.87. The zero-order chi connectivity index (χ0) is 24.6. The number of carbonyl (C=O) groups is 2. The van der Waals surface area contributed by atoms with Gasteiger partial charge in [-0.15, -0.1) is 0 Å². The van der Waals surface area contributed by atoms with E-state index in [0.29, 0.717) is 60.0 Å². The molecule has 1 N–H and O–H groups in total. The molecule has 0 amide bonds. The number of rotatable bonds is 12. The molecule has 6 heteroatoms. The summed E-state index contributed by atoms with van der Waals surface area (Å²) in [5.41, 5.74) is 1.36. The van der Waals surface area contributed by atoms with Crippen molar-refractivity contribution in [3.63, 3.8) is 0 Å². The number of ether oxygens (including phenoxy) is 3. The molecule has 0 unspecified atom stereocenters. The highest BCUT2D eigenvalue weighted by atomic mass is 16.5. The average molecular weight is 457 g/mol. The van der Waals surface area contributed by atoms with E-state index in [2.05, 4.69) is 0 Å². The molecule has 0 atom stereocenters. The Hall–Kier alpha value is -3.02. The summed E-state index contributed by atoms with van der Waals surface area (Å²) in [5.74, 6) is 1.67. The molecule has 0 saturated carbocycles. The van der Waals surface area contributed by atoms with Crippen LogP contribution in [-0.2, 0) is 0 Å². The summed E-state index contributed by atoms with van der Waals surface area (Å²) in [6, 6.07) is 8.57. The van der Waals surface area contributed by atoms with Crippen molar-refractivity contribution in [2.75, 3.05) is 20.3 Å². The van der Waals surface area contributed by atoms with Gasteiger partial charge in [-0.25, -0.2) is 0 Å². The van der Waals surface area contributed by atoms with E-state index in [9.17, 15) is 14.7 Å². The lowest BCUT2D eigenvalue weighted by Gasteiger charge is -2.18. The predicted molar refractivity (Wildman–Crippen MR) is 129 cm³/mol. The fraction of sp³-hybridized carbons (Fsp3) is 0.481. The van der Waals surface area contributed by atoms with Crippen LogP contribution in [0.1, 0.15) is 79.7 Å². The van der Waals surface area contributed by atoms with Gasteiger partial charge in [-0.1, -0.05) is 27.7 Å². The van der Waals surface area contributed by atoms with Crippen molar-refractivity contribution in [1.82, 2.24) is 0 Å². The number of phenols is 1. The number of hydrogen-bond acceptors (Lipinski definition) is 6. The molecule has 0 bridgehead atoms. The summed E-state index contributed by atoms with van der Waals surface area (Å²) in [6.45, 7) is 10.5. The summed E-state index contributed by atoms with van der Waals surface area (Å²) in [5, 5.41) is 10.5. The lowest BCUT2D eigenvalue weighted by Crippen LogP contribution is -2.13. The molecular formula is C27H36O6. The zero-order valence-corrected chi connectivity index (χ0v) is 20.6. The van der Waals surface area contributed by atoms with Gasteiger partial charge in [0.05, 0.1) is 25.9 Å². The second-order valence-corrected chi connectivity index (χ2v) is 9.29. The zero-order valence-electron chi connectivity index (χ0n) is 20.6. The Labute approximate surface area is 196 Å². The molecule has 0 aromatic heterocycles. The smallest absolute Gasteiger partial charge is 0.167 e. The van der Waals surface area contributed by atoms with Gasteiger partial charge in [0.1, 0.15) is 11.5 Å². The molecule has 0 aliphatic heterocycles. The van der Waals surface area contributed by atoms with E-state index in [1.807, 2.05) is 27.7 Å². The van der Waals surface area contributed by atoms with Crippen molar-refractivity contribution < 1.29 is 28.9 Å². The largest absolute Gasteiger partial charge is 0.507 e. The fourth-order valence-corrected chi connectivity index (χ4v) is 3.38. The molecule has 0 aliphatic carbocycles. The van der Waals surface area contributed by atoms with Crippen LogP contribution in [-0.4, -0.2) is 37.0 Å². The van der Waals surface area contributed by atoms with E-state index < -0.39 is 0 Å². The highest BCUT2D eigenvalue weighted by molar-refractivity contribution is 5.99. The molecule has 2 rings (SSSR count). The summed E-state index contributed by atoms with van der Waals surface area (Å²) in [4.78, 5) is 24.4. The van der Waals surface area contributed by atoms with Crippen LogP contribution in [0.2, 0.25) is 0 Å². The SMILES string of the molecule is CCC(=O)c1ccc(OC)c(OCCCCOc2ccc(C(=O)CC(C)(C)C)c(O)c2C)c1. The Morgan fingerprint density at radius 3 is 2.09 bits per heavy atom. The molecule has 33 heavy (non-hydrogen) atoms. The minimum absolute atomic E-state index is 0.0151. The lowest BCUT2D eigenvalue weighted by molar-refractivity contribution is 0.0935. The van der Waals surface area contributed by atoms with Crippen LogP contribution in [0.5, 0.6) is 23.0 Å². The minimum atomic E-state index is -0.147. The molecule has 2 aromatic carbocycles.